The van der Waals surface area contributed by atoms with E-state index < -0.39 is 0 Å². The number of hydrogen-bond acceptors (Lipinski definition) is 3. The summed E-state index contributed by atoms with van der Waals surface area (Å²) in [5.74, 6) is 0.933. The van der Waals surface area contributed by atoms with E-state index in [0.29, 0.717) is 5.56 Å². The SMILES string of the molecule is NC(=O)c1ccccc1CNCC1CCCS1. The first-order valence-corrected chi connectivity index (χ1v) is 7.02. The summed E-state index contributed by atoms with van der Waals surface area (Å²) in [5.41, 5.74) is 6.95. The highest BCUT2D eigenvalue weighted by atomic mass is 32.2. The predicted octanol–water partition coefficient (Wildman–Crippen LogP) is 1.77. The van der Waals surface area contributed by atoms with E-state index in [-0.39, 0.29) is 5.91 Å². The third-order valence-corrected chi connectivity index (χ3v) is 4.39. The number of primary amides is 1. The fraction of sp³-hybridized carbons (Fsp3) is 0.462. The normalized spacial score (nSPS) is 19.4. The second kappa shape index (κ2) is 6.07. The van der Waals surface area contributed by atoms with Gasteiger partial charge in [-0.05, 0) is 30.2 Å². The lowest BCUT2D eigenvalue weighted by molar-refractivity contribution is 0.0999. The molecule has 1 aromatic carbocycles. The maximum atomic E-state index is 11.2. The molecular weight excluding hydrogens is 232 g/mol. The summed E-state index contributed by atoms with van der Waals surface area (Å²) in [6.07, 6.45) is 2.63. The molecular formula is C13H18N2OS. The maximum Gasteiger partial charge on any atom is 0.249 e. The number of carbonyl (C=O) groups excluding carboxylic acids is 1. The number of amides is 1. The Morgan fingerprint density at radius 3 is 3.00 bits per heavy atom. The van der Waals surface area contributed by atoms with Gasteiger partial charge in [-0.1, -0.05) is 18.2 Å². The van der Waals surface area contributed by atoms with Crippen LogP contribution < -0.4 is 11.1 Å². The van der Waals surface area contributed by atoms with Gasteiger partial charge in [0, 0.05) is 23.9 Å². The van der Waals surface area contributed by atoms with Gasteiger partial charge < -0.3 is 11.1 Å². The van der Waals surface area contributed by atoms with Crippen LogP contribution in [0.3, 0.4) is 0 Å². The van der Waals surface area contributed by atoms with Crippen LogP contribution in [-0.2, 0) is 6.54 Å². The minimum absolute atomic E-state index is 0.349. The highest BCUT2D eigenvalue weighted by Crippen LogP contribution is 2.25. The molecule has 1 heterocycles. The van der Waals surface area contributed by atoms with Crippen molar-refractivity contribution < 1.29 is 4.79 Å². The molecule has 1 fully saturated rings. The fourth-order valence-corrected chi connectivity index (χ4v) is 3.32. The molecule has 4 heteroatoms. The van der Waals surface area contributed by atoms with Crippen molar-refractivity contribution in [3.8, 4) is 0 Å². The second-order valence-electron chi connectivity index (χ2n) is 4.29. The molecule has 0 spiro atoms. The van der Waals surface area contributed by atoms with Crippen LogP contribution in [0.5, 0.6) is 0 Å². The minimum atomic E-state index is -0.349. The van der Waals surface area contributed by atoms with Gasteiger partial charge in [0.2, 0.25) is 5.91 Å². The summed E-state index contributed by atoms with van der Waals surface area (Å²) in [6, 6.07) is 7.52. The first-order chi connectivity index (χ1) is 8.27. The van der Waals surface area contributed by atoms with E-state index in [1.807, 2.05) is 30.0 Å². The van der Waals surface area contributed by atoms with Crippen molar-refractivity contribution in [2.75, 3.05) is 12.3 Å². The largest absolute Gasteiger partial charge is 0.366 e. The Bertz CT molecular complexity index is 389. The number of rotatable bonds is 5. The Hall–Kier alpha value is -1.00. The molecule has 0 radical (unpaired) electrons. The van der Waals surface area contributed by atoms with Crippen molar-refractivity contribution in [1.29, 1.82) is 0 Å². The quantitative estimate of drug-likeness (QED) is 0.837. The van der Waals surface area contributed by atoms with Gasteiger partial charge in [-0.2, -0.15) is 11.8 Å². The Labute approximate surface area is 106 Å². The summed E-state index contributed by atoms with van der Waals surface area (Å²) in [7, 11) is 0. The standard InChI is InChI=1S/C13H18N2OS/c14-13(16)12-6-2-1-4-10(12)8-15-9-11-5-3-7-17-11/h1-2,4,6,11,15H,3,5,7-9H2,(H2,14,16). The number of benzene rings is 1. The summed E-state index contributed by atoms with van der Waals surface area (Å²) in [5, 5.41) is 4.14. The van der Waals surface area contributed by atoms with Crippen molar-refractivity contribution in [3.63, 3.8) is 0 Å². The van der Waals surface area contributed by atoms with Crippen LogP contribution in [0.15, 0.2) is 24.3 Å². The van der Waals surface area contributed by atoms with Crippen LogP contribution >= 0.6 is 11.8 Å². The lowest BCUT2D eigenvalue weighted by atomic mass is 10.1. The lowest BCUT2D eigenvalue weighted by Gasteiger charge is -2.11. The van der Waals surface area contributed by atoms with Crippen molar-refractivity contribution in [2.24, 2.45) is 5.73 Å². The average Bonchev–Trinajstić information content (AvgIpc) is 2.82. The van der Waals surface area contributed by atoms with Gasteiger partial charge >= 0.3 is 0 Å². The van der Waals surface area contributed by atoms with Gasteiger partial charge in [-0.25, -0.2) is 0 Å². The summed E-state index contributed by atoms with van der Waals surface area (Å²) < 4.78 is 0. The van der Waals surface area contributed by atoms with Crippen molar-refractivity contribution in [3.05, 3.63) is 35.4 Å². The van der Waals surface area contributed by atoms with E-state index in [2.05, 4.69) is 5.32 Å². The molecule has 3 N–H and O–H groups in total. The Kier molecular flexibility index (Phi) is 4.45. The smallest absolute Gasteiger partial charge is 0.249 e. The molecule has 0 bridgehead atoms. The van der Waals surface area contributed by atoms with Gasteiger partial charge in [0.05, 0.1) is 0 Å². The molecule has 0 aliphatic carbocycles. The number of hydrogen-bond donors (Lipinski definition) is 2. The zero-order valence-electron chi connectivity index (χ0n) is 9.82. The predicted molar refractivity (Wildman–Crippen MR) is 72.1 cm³/mol. The van der Waals surface area contributed by atoms with Crippen molar-refractivity contribution in [1.82, 2.24) is 5.32 Å². The molecule has 0 saturated carbocycles. The third-order valence-electron chi connectivity index (χ3n) is 2.99. The Balaban J connectivity index is 1.87. The Morgan fingerprint density at radius 1 is 1.47 bits per heavy atom. The zero-order chi connectivity index (χ0) is 12.1. The average molecular weight is 250 g/mol. The minimum Gasteiger partial charge on any atom is -0.366 e. The van der Waals surface area contributed by atoms with Crippen LogP contribution in [0.4, 0.5) is 0 Å². The summed E-state index contributed by atoms with van der Waals surface area (Å²) in [6.45, 7) is 1.73. The van der Waals surface area contributed by atoms with Crippen LogP contribution in [-0.4, -0.2) is 23.5 Å². The molecule has 0 aromatic heterocycles. The maximum absolute atomic E-state index is 11.2. The number of thioether (sulfide) groups is 1. The molecule has 1 atom stereocenters. The topological polar surface area (TPSA) is 55.1 Å². The molecule has 1 amide bonds. The van der Waals surface area contributed by atoms with Crippen molar-refractivity contribution >= 4 is 17.7 Å². The van der Waals surface area contributed by atoms with Crippen LogP contribution in [0.2, 0.25) is 0 Å². The van der Waals surface area contributed by atoms with Gasteiger partial charge in [0.15, 0.2) is 0 Å². The highest BCUT2D eigenvalue weighted by Gasteiger charge is 2.15. The van der Waals surface area contributed by atoms with E-state index in [4.69, 9.17) is 5.73 Å². The molecule has 3 nitrogen and oxygen atoms in total. The van der Waals surface area contributed by atoms with Gasteiger partial charge in [-0.3, -0.25) is 4.79 Å². The molecule has 1 aliphatic rings. The van der Waals surface area contributed by atoms with E-state index in [0.717, 1.165) is 23.9 Å². The van der Waals surface area contributed by atoms with E-state index in [1.54, 1.807) is 6.07 Å². The molecule has 1 saturated heterocycles. The summed E-state index contributed by atoms with van der Waals surface area (Å²) >= 11 is 2.03. The number of carbonyl (C=O) groups is 1. The third kappa shape index (κ3) is 3.48. The Morgan fingerprint density at radius 2 is 2.29 bits per heavy atom. The van der Waals surface area contributed by atoms with Gasteiger partial charge in [0.25, 0.3) is 0 Å². The number of nitrogens with two attached hydrogens (primary N) is 1. The molecule has 1 aliphatic heterocycles. The zero-order valence-corrected chi connectivity index (χ0v) is 10.6. The lowest BCUT2D eigenvalue weighted by Crippen LogP contribution is -2.24. The molecule has 1 aromatic rings. The first kappa shape index (κ1) is 12.5. The fourth-order valence-electron chi connectivity index (χ4n) is 2.09. The van der Waals surface area contributed by atoms with E-state index in [1.165, 1.54) is 18.6 Å². The van der Waals surface area contributed by atoms with E-state index >= 15 is 0 Å². The van der Waals surface area contributed by atoms with Crippen molar-refractivity contribution in [2.45, 2.75) is 24.6 Å². The molecule has 1 unspecified atom stereocenters. The second-order valence-corrected chi connectivity index (χ2v) is 5.70. The van der Waals surface area contributed by atoms with Crippen LogP contribution in [0.1, 0.15) is 28.8 Å². The van der Waals surface area contributed by atoms with Gasteiger partial charge in [-0.15, -0.1) is 0 Å². The summed E-state index contributed by atoms with van der Waals surface area (Å²) in [4.78, 5) is 11.2. The van der Waals surface area contributed by atoms with Gasteiger partial charge in [0.1, 0.15) is 0 Å². The molecule has 2 rings (SSSR count). The highest BCUT2D eigenvalue weighted by molar-refractivity contribution is 8.00. The number of nitrogens with one attached hydrogen (secondary N) is 1. The monoisotopic (exact) mass is 250 g/mol. The molecule has 92 valence electrons. The van der Waals surface area contributed by atoms with E-state index in [9.17, 15) is 4.79 Å². The van der Waals surface area contributed by atoms with Crippen LogP contribution in [0, 0.1) is 0 Å². The molecule has 17 heavy (non-hydrogen) atoms. The first-order valence-electron chi connectivity index (χ1n) is 5.97. The van der Waals surface area contributed by atoms with Crippen LogP contribution in [0.25, 0.3) is 0 Å².